The summed E-state index contributed by atoms with van der Waals surface area (Å²) in [4.78, 5) is 24.5. The molecule has 0 saturated heterocycles. The van der Waals surface area contributed by atoms with E-state index in [1.807, 2.05) is 31.2 Å². The van der Waals surface area contributed by atoms with Crippen molar-refractivity contribution in [1.29, 1.82) is 5.26 Å². The second kappa shape index (κ2) is 8.15. The van der Waals surface area contributed by atoms with Gasteiger partial charge in [0.2, 0.25) is 0 Å². The van der Waals surface area contributed by atoms with E-state index in [9.17, 15) is 9.59 Å². The van der Waals surface area contributed by atoms with Gasteiger partial charge in [0.25, 0.3) is 5.91 Å². The number of halogens is 1. The minimum absolute atomic E-state index is 0.00360. The first-order valence-electron chi connectivity index (χ1n) is 8.54. The third-order valence-corrected chi connectivity index (χ3v) is 4.49. The Morgan fingerprint density at radius 3 is 2.79 bits per heavy atom. The van der Waals surface area contributed by atoms with Crippen LogP contribution >= 0.6 is 11.6 Å². The van der Waals surface area contributed by atoms with E-state index in [1.165, 1.54) is 25.3 Å². The number of nitrogens with one attached hydrogen (secondary N) is 1. The molecule has 0 aliphatic rings. The van der Waals surface area contributed by atoms with Crippen molar-refractivity contribution in [1.82, 2.24) is 0 Å². The lowest BCUT2D eigenvalue weighted by Crippen LogP contribution is -2.30. The first-order chi connectivity index (χ1) is 13.4. The average molecular weight is 397 g/mol. The summed E-state index contributed by atoms with van der Waals surface area (Å²) in [5.74, 6) is -1.04. The van der Waals surface area contributed by atoms with Crippen molar-refractivity contribution >= 4 is 40.1 Å². The second-order valence-corrected chi connectivity index (χ2v) is 6.77. The second-order valence-electron chi connectivity index (χ2n) is 6.37. The maximum atomic E-state index is 12.3. The molecule has 0 saturated carbocycles. The van der Waals surface area contributed by atoms with Crippen LogP contribution in [-0.4, -0.2) is 18.0 Å². The summed E-state index contributed by atoms with van der Waals surface area (Å²) in [5, 5.41) is 12.6. The highest BCUT2D eigenvalue weighted by Crippen LogP contribution is 2.23. The number of nitrogens with zero attached hydrogens (tertiary/aromatic N) is 1. The minimum Gasteiger partial charge on any atom is -0.464 e. The van der Waals surface area contributed by atoms with Crippen molar-refractivity contribution in [2.75, 3.05) is 5.32 Å². The number of furan rings is 1. The van der Waals surface area contributed by atoms with Crippen molar-refractivity contribution < 1.29 is 18.7 Å². The molecule has 1 N–H and O–H groups in total. The molecule has 7 heteroatoms. The molecule has 0 spiro atoms. The maximum absolute atomic E-state index is 12.3. The Bertz CT molecular complexity index is 1100. The number of hydrogen-bond donors (Lipinski definition) is 1. The lowest BCUT2D eigenvalue weighted by Gasteiger charge is -2.13. The summed E-state index contributed by atoms with van der Waals surface area (Å²) in [6.45, 7) is 3.44. The number of aryl methyl sites for hydroxylation is 1. The standard InChI is InChI=1S/C21H17ClN2O4/c1-12-3-6-17-15(11-27-19(17)7-12)8-20(25)28-13(2)21(26)24-16-5-4-14(10-23)18(22)9-16/h3-7,9,11,13H,8H2,1-2H3,(H,24,26)/t13-/m0/s1. The van der Waals surface area contributed by atoms with Crippen LogP contribution in [0.15, 0.2) is 47.1 Å². The van der Waals surface area contributed by atoms with Crippen LogP contribution in [0.5, 0.6) is 0 Å². The monoisotopic (exact) mass is 396 g/mol. The van der Waals surface area contributed by atoms with Gasteiger partial charge in [-0.1, -0.05) is 23.7 Å². The molecule has 1 atom stereocenters. The van der Waals surface area contributed by atoms with Gasteiger partial charge in [-0.2, -0.15) is 5.26 Å². The zero-order valence-electron chi connectivity index (χ0n) is 15.3. The van der Waals surface area contributed by atoms with Gasteiger partial charge in [0.15, 0.2) is 6.10 Å². The molecule has 1 amide bonds. The van der Waals surface area contributed by atoms with Crippen LogP contribution in [0.3, 0.4) is 0 Å². The van der Waals surface area contributed by atoms with E-state index in [1.54, 1.807) is 6.07 Å². The van der Waals surface area contributed by atoms with Crippen molar-refractivity contribution in [2.24, 2.45) is 0 Å². The molecule has 6 nitrogen and oxygen atoms in total. The normalized spacial score (nSPS) is 11.6. The molecule has 142 valence electrons. The maximum Gasteiger partial charge on any atom is 0.311 e. The Morgan fingerprint density at radius 2 is 2.07 bits per heavy atom. The lowest BCUT2D eigenvalue weighted by atomic mass is 10.1. The molecule has 1 heterocycles. The summed E-state index contributed by atoms with van der Waals surface area (Å²) in [7, 11) is 0. The molecule has 0 aliphatic carbocycles. The number of carbonyl (C=O) groups is 2. The quantitative estimate of drug-likeness (QED) is 0.646. The molecule has 0 bridgehead atoms. The van der Waals surface area contributed by atoms with Crippen molar-refractivity contribution in [3.63, 3.8) is 0 Å². The number of hydrogen-bond acceptors (Lipinski definition) is 5. The van der Waals surface area contributed by atoms with Gasteiger partial charge in [0.1, 0.15) is 11.7 Å². The number of anilines is 1. The van der Waals surface area contributed by atoms with Gasteiger partial charge in [-0.25, -0.2) is 0 Å². The molecule has 3 rings (SSSR count). The third kappa shape index (κ3) is 4.33. The first kappa shape index (κ1) is 19.5. The van der Waals surface area contributed by atoms with Crippen molar-refractivity contribution in [2.45, 2.75) is 26.4 Å². The number of carbonyl (C=O) groups excluding carboxylic acids is 2. The van der Waals surface area contributed by atoms with Gasteiger partial charge in [-0.15, -0.1) is 0 Å². The van der Waals surface area contributed by atoms with Gasteiger partial charge in [0.05, 0.1) is 23.3 Å². The zero-order valence-corrected chi connectivity index (χ0v) is 16.0. The number of ether oxygens (including phenoxy) is 1. The molecule has 0 fully saturated rings. The van der Waals surface area contributed by atoms with Gasteiger partial charge >= 0.3 is 5.97 Å². The smallest absolute Gasteiger partial charge is 0.311 e. The summed E-state index contributed by atoms with van der Waals surface area (Å²) in [6, 6.07) is 12.2. The highest BCUT2D eigenvalue weighted by Gasteiger charge is 2.20. The zero-order chi connectivity index (χ0) is 20.3. The van der Waals surface area contributed by atoms with E-state index in [0.717, 1.165) is 10.9 Å². The molecule has 0 aliphatic heterocycles. The minimum atomic E-state index is -0.998. The Kier molecular flexibility index (Phi) is 5.67. The lowest BCUT2D eigenvalue weighted by molar-refractivity contribution is -0.152. The molecule has 3 aromatic rings. The van der Waals surface area contributed by atoms with Crippen LogP contribution in [0.25, 0.3) is 11.0 Å². The summed E-state index contributed by atoms with van der Waals surface area (Å²) < 4.78 is 10.7. The van der Waals surface area contributed by atoms with Crippen LogP contribution < -0.4 is 5.32 Å². The van der Waals surface area contributed by atoms with E-state index in [4.69, 9.17) is 26.0 Å². The van der Waals surface area contributed by atoms with Crippen LogP contribution in [0.1, 0.15) is 23.6 Å². The highest BCUT2D eigenvalue weighted by molar-refractivity contribution is 6.32. The number of esters is 1. The largest absolute Gasteiger partial charge is 0.464 e. The first-order valence-corrected chi connectivity index (χ1v) is 8.92. The van der Waals surface area contributed by atoms with Crippen LogP contribution in [-0.2, 0) is 20.7 Å². The van der Waals surface area contributed by atoms with Crippen LogP contribution in [0.4, 0.5) is 5.69 Å². The topological polar surface area (TPSA) is 92.3 Å². The van der Waals surface area contributed by atoms with E-state index >= 15 is 0 Å². The van der Waals surface area contributed by atoms with E-state index in [0.29, 0.717) is 22.4 Å². The van der Waals surface area contributed by atoms with Crippen LogP contribution in [0.2, 0.25) is 5.02 Å². The van der Waals surface area contributed by atoms with E-state index in [2.05, 4.69) is 5.32 Å². The van der Waals surface area contributed by atoms with Gasteiger partial charge in [-0.3, -0.25) is 9.59 Å². The summed E-state index contributed by atoms with van der Waals surface area (Å²) >= 11 is 5.95. The average Bonchev–Trinajstić information content (AvgIpc) is 3.03. The van der Waals surface area contributed by atoms with E-state index in [-0.39, 0.29) is 11.4 Å². The fraction of sp³-hybridized carbons (Fsp3) is 0.190. The third-order valence-electron chi connectivity index (χ3n) is 4.18. The molecule has 28 heavy (non-hydrogen) atoms. The predicted octanol–water partition coefficient (Wildman–Crippen LogP) is 4.38. The van der Waals surface area contributed by atoms with Gasteiger partial charge in [-0.05, 0) is 43.7 Å². The molecular weight excluding hydrogens is 380 g/mol. The Balaban J connectivity index is 1.61. The highest BCUT2D eigenvalue weighted by atomic mass is 35.5. The molecular formula is C21H17ClN2O4. The molecule has 0 radical (unpaired) electrons. The Hall–Kier alpha value is -3.30. The van der Waals surface area contributed by atoms with Crippen molar-refractivity contribution in [3.8, 4) is 6.07 Å². The van der Waals surface area contributed by atoms with Gasteiger partial charge < -0.3 is 14.5 Å². The SMILES string of the molecule is Cc1ccc2c(CC(=O)O[C@@H](C)C(=O)Nc3ccc(C#N)c(Cl)c3)coc2c1. The number of nitriles is 1. The van der Waals surface area contributed by atoms with E-state index < -0.39 is 18.0 Å². The number of amides is 1. The predicted molar refractivity (Wildman–Crippen MR) is 105 cm³/mol. The number of rotatable bonds is 5. The van der Waals surface area contributed by atoms with Crippen molar-refractivity contribution in [3.05, 3.63) is 64.4 Å². The fourth-order valence-corrected chi connectivity index (χ4v) is 2.93. The Labute approximate surface area is 166 Å². The number of fused-ring (bicyclic) bond motifs is 1. The number of benzene rings is 2. The summed E-state index contributed by atoms with van der Waals surface area (Å²) in [5.41, 5.74) is 3.18. The fourth-order valence-electron chi connectivity index (χ4n) is 2.70. The Morgan fingerprint density at radius 1 is 1.29 bits per heavy atom. The summed E-state index contributed by atoms with van der Waals surface area (Å²) in [6.07, 6.45) is 0.521. The van der Waals surface area contributed by atoms with Gasteiger partial charge in [0, 0.05) is 16.6 Å². The van der Waals surface area contributed by atoms with Crippen LogP contribution in [0, 0.1) is 18.3 Å². The molecule has 2 aromatic carbocycles. The molecule has 1 aromatic heterocycles. The molecule has 0 unspecified atom stereocenters.